The van der Waals surface area contributed by atoms with E-state index in [9.17, 15) is 4.79 Å². The van der Waals surface area contributed by atoms with Crippen LogP contribution in [-0.4, -0.2) is 28.4 Å². The van der Waals surface area contributed by atoms with Crippen LogP contribution in [0.1, 0.15) is 69.8 Å². The smallest absolute Gasteiger partial charge is 0.303 e. The van der Waals surface area contributed by atoms with E-state index >= 15 is 0 Å². The fourth-order valence-electron chi connectivity index (χ4n) is 5.58. The van der Waals surface area contributed by atoms with Crippen molar-refractivity contribution in [3.05, 3.63) is 59.8 Å². The predicted molar refractivity (Wildman–Crippen MR) is 125 cm³/mol. The predicted octanol–water partition coefficient (Wildman–Crippen LogP) is 6.46. The molecule has 2 atom stereocenters. The largest absolute Gasteiger partial charge is 0.481 e. The first-order valence-electron chi connectivity index (χ1n) is 11.8. The summed E-state index contributed by atoms with van der Waals surface area (Å²) in [7, 11) is 1.84. The van der Waals surface area contributed by atoms with E-state index in [1.54, 1.807) is 0 Å². The highest BCUT2D eigenvalue weighted by Crippen LogP contribution is 2.49. The van der Waals surface area contributed by atoms with Crippen molar-refractivity contribution in [3.8, 4) is 0 Å². The number of benzene rings is 1. The van der Waals surface area contributed by atoms with E-state index in [4.69, 9.17) is 9.84 Å². The molecule has 1 heterocycles. The van der Waals surface area contributed by atoms with E-state index in [0.29, 0.717) is 12.3 Å². The Morgan fingerprint density at radius 2 is 2.06 bits per heavy atom. The quantitative estimate of drug-likeness (QED) is 0.505. The third-order valence-corrected chi connectivity index (χ3v) is 7.31. The van der Waals surface area contributed by atoms with Crippen LogP contribution in [0.4, 0.5) is 0 Å². The number of carboxylic acids is 1. The highest BCUT2D eigenvalue weighted by atomic mass is 16.5. The van der Waals surface area contributed by atoms with Gasteiger partial charge in [0.15, 0.2) is 0 Å². The lowest BCUT2D eigenvalue weighted by atomic mass is 9.69. The molecule has 0 aliphatic heterocycles. The Morgan fingerprint density at radius 3 is 2.77 bits per heavy atom. The lowest BCUT2D eigenvalue weighted by molar-refractivity contribution is -0.136. The van der Waals surface area contributed by atoms with Crippen LogP contribution >= 0.6 is 0 Å². The average molecular weight is 422 g/mol. The Labute approximate surface area is 185 Å². The maximum Gasteiger partial charge on any atom is 0.303 e. The summed E-state index contributed by atoms with van der Waals surface area (Å²) in [5.41, 5.74) is 3.27. The molecule has 4 nitrogen and oxygen atoms in total. The Morgan fingerprint density at radius 1 is 1.26 bits per heavy atom. The van der Waals surface area contributed by atoms with Gasteiger partial charge in [0.25, 0.3) is 0 Å². The molecular weight excluding hydrogens is 386 g/mol. The van der Waals surface area contributed by atoms with Crippen molar-refractivity contribution in [3.63, 3.8) is 0 Å². The summed E-state index contributed by atoms with van der Waals surface area (Å²) >= 11 is 0. The number of carboxylic acid groups (broad SMARTS) is 1. The second kappa shape index (κ2) is 9.44. The molecule has 0 radical (unpaired) electrons. The van der Waals surface area contributed by atoms with E-state index in [0.717, 1.165) is 12.1 Å². The number of rotatable bonds is 9. The van der Waals surface area contributed by atoms with E-state index in [2.05, 4.69) is 60.2 Å². The van der Waals surface area contributed by atoms with Gasteiger partial charge in [-0.05, 0) is 60.7 Å². The maximum absolute atomic E-state index is 11.1. The number of aromatic nitrogens is 1. The first-order chi connectivity index (χ1) is 15.1. The Bertz CT molecular complexity index is 980. The van der Waals surface area contributed by atoms with Gasteiger partial charge in [-0.3, -0.25) is 4.79 Å². The topological polar surface area (TPSA) is 51.5 Å². The first kappa shape index (κ1) is 21.9. The van der Waals surface area contributed by atoms with Crippen LogP contribution < -0.4 is 0 Å². The number of unbranched alkanes of at least 4 members (excludes halogenated alkanes) is 1. The summed E-state index contributed by atoms with van der Waals surface area (Å²) in [4.78, 5) is 11.1. The molecule has 0 saturated heterocycles. The van der Waals surface area contributed by atoms with Gasteiger partial charge >= 0.3 is 5.97 Å². The molecule has 31 heavy (non-hydrogen) atoms. The minimum atomic E-state index is -0.750. The number of carbonyl (C=O) groups is 1. The molecule has 4 rings (SSSR count). The Hall–Kier alpha value is -2.33. The van der Waals surface area contributed by atoms with Crippen LogP contribution in [-0.2, 0) is 16.1 Å². The first-order valence-corrected chi connectivity index (χ1v) is 11.8. The normalized spacial score (nSPS) is 24.1. The van der Waals surface area contributed by atoms with Gasteiger partial charge in [0.2, 0.25) is 0 Å². The molecule has 0 bridgehead atoms. The SMILES string of the molecule is CCCCn1ccc2cc(C3C=C(CCC(=O)O)C=CC3(OC)C3CCCC3)ccc21. The standard InChI is InChI=1S/C27H35NO3/c1-3-4-16-28-17-14-22-19-21(10-11-25(22)28)24-18-20(9-12-26(29)30)13-15-27(24,31-2)23-7-5-6-8-23/h10-11,13-15,17-19,23-24H,3-9,12,16H2,1-2H3,(H,29,30). The van der Waals surface area contributed by atoms with Crippen molar-refractivity contribution in [2.45, 2.75) is 76.4 Å². The van der Waals surface area contributed by atoms with Gasteiger partial charge in [-0.25, -0.2) is 0 Å². The van der Waals surface area contributed by atoms with E-state index < -0.39 is 5.97 Å². The van der Waals surface area contributed by atoms with E-state index in [1.807, 2.05) is 7.11 Å². The van der Waals surface area contributed by atoms with Crippen molar-refractivity contribution in [1.29, 1.82) is 0 Å². The van der Waals surface area contributed by atoms with E-state index in [1.165, 1.54) is 55.0 Å². The maximum atomic E-state index is 11.1. The minimum absolute atomic E-state index is 0.0952. The number of fused-ring (bicyclic) bond motifs is 1. The Kier molecular flexibility index (Phi) is 6.66. The summed E-state index contributed by atoms with van der Waals surface area (Å²) in [6.07, 6.45) is 16.8. The number of hydrogen-bond acceptors (Lipinski definition) is 2. The number of aryl methyl sites for hydroxylation is 1. The van der Waals surface area contributed by atoms with Crippen LogP contribution in [0, 0.1) is 5.92 Å². The molecule has 1 fully saturated rings. The zero-order chi connectivity index (χ0) is 21.8. The molecule has 1 N–H and O–H groups in total. The molecule has 1 aromatic carbocycles. The summed E-state index contributed by atoms with van der Waals surface area (Å²) in [6.45, 7) is 3.27. The monoisotopic (exact) mass is 421 g/mol. The molecule has 0 spiro atoms. The minimum Gasteiger partial charge on any atom is -0.481 e. The average Bonchev–Trinajstić information content (AvgIpc) is 3.46. The zero-order valence-corrected chi connectivity index (χ0v) is 18.8. The summed E-state index contributed by atoms with van der Waals surface area (Å²) in [5, 5.41) is 10.4. The molecule has 2 aromatic rings. The molecule has 2 aliphatic rings. The second-order valence-corrected chi connectivity index (χ2v) is 9.17. The van der Waals surface area contributed by atoms with Gasteiger partial charge in [0.05, 0.1) is 5.60 Å². The van der Waals surface area contributed by atoms with Crippen LogP contribution in [0.3, 0.4) is 0 Å². The lowest BCUT2D eigenvalue weighted by Gasteiger charge is -2.43. The van der Waals surface area contributed by atoms with Crippen LogP contribution in [0.15, 0.2) is 54.3 Å². The zero-order valence-electron chi connectivity index (χ0n) is 18.8. The Balaban J connectivity index is 1.72. The van der Waals surface area contributed by atoms with Gasteiger partial charge in [0, 0.05) is 37.7 Å². The number of methoxy groups -OCH3 is 1. The molecule has 0 amide bonds. The van der Waals surface area contributed by atoms with Crippen molar-refractivity contribution >= 4 is 16.9 Å². The van der Waals surface area contributed by atoms with E-state index in [-0.39, 0.29) is 17.9 Å². The highest BCUT2D eigenvalue weighted by Gasteiger charge is 2.46. The molecule has 2 aliphatic carbocycles. The van der Waals surface area contributed by atoms with Crippen molar-refractivity contribution < 1.29 is 14.6 Å². The van der Waals surface area contributed by atoms with Crippen LogP contribution in [0.25, 0.3) is 10.9 Å². The van der Waals surface area contributed by atoms with Crippen molar-refractivity contribution in [2.24, 2.45) is 5.92 Å². The fraction of sp³-hybridized carbons (Fsp3) is 0.519. The van der Waals surface area contributed by atoms with Crippen molar-refractivity contribution in [2.75, 3.05) is 7.11 Å². The number of hydrogen-bond donors (Lipinski definition) is 1. The van der Waals surface area contributed by atoms with Crippen LogP contribution in [0.2, 0.25) is 0 Å². The summed E-state index contributed by atoms with van der Waals surface area (Å²) in [6, 6.07) is 9.03. The van der Waals surface area contributed by atoms with Crippen LogP contribution in [0.5, 0.6) is 0 Å². The number of allylic oxidation sites excluding steroid dienone is 2. The number of ether oxygens (including phenoxy) is 1. The molecule has 1 saturated carbocycles. The number of aliphatic carboxylic acids is 1. The molecule has 4 heteroatoms. The van der Waals surface area contributed by atoms with Gasteiger partial charge in [0.1, 0.15) is 0 Å². The summed E-state index contributed by atoms with van der Waals surface area (Å²) < 4.78 is 8.67. The second-order valence-electron chi connectivity index (χ2n) is 9.17. The molecule has 166 valence electrons. The number of nitrogens with zero attached hydrogens (tertiary/aromatic N) is 1. The third-order valence-electron chi connectivity index (χ3n) is 7.31. The van der Waals surface area contributed by atoms with Gasteiger partial charge in [-0.15, -0.1) is 0 Å². The summed E-state index contributed by atoms with van der Waals surface area (Å²) in [5.74, 6) is -0.168. The molecular formula is C27H35NO3. The highest BCUT2D eigenvalue weighted by molar-refractivity contribution is 5.81. The molecule has 1 aromatic heterocycles. The van der Waals surface area contributed by atoms with Crippen molar-refractivity contribution in [1.82, 2.24) is 4.57 Å². The lowest BCUT2D eigenvalue weighted by Crippen LogP contribution is -2.43. The van der Waals surface area contributed by atoms with Gasteiger partial charge < -0.3 is 14.4 Å². The molecule has 2 unspecified atom stereocenters. The van der Waals surface area contributed by atoms with Gasteiger partial charge in [-0.2, -0.15) is 0 Å². The van der Waals surface area contributed by atoms with Gasteiger partial charge in [-0.1, -0.05) is 56.1 Å². The third kappa shape index (κ3) is 4.36. The fourth-order valence-corrected chi connectivity index (χ4v) is 5.58.